The summed E-state index contributed by atoms with van der Waals surface area (Å²) in [4.78, 5) is 12.1. The zero-order valence-electron chi connectivity index (χ0n) is 13.2. The van der Waals surface area contributed by atoms with Crippen LogP contribution in [0.1, 0.15) is 31.9 Å². The van der Waals surface area contributed by atoms with Gasteiger partial charge in [0, 0.05) is 28.5 Å². The maximum Gasteiger partial charge on any atom is 0.241 e. The minimum Gasteiger partial charge on any atom is -0.324 e. The molecule has 3 N–H and O–H groups in total. The standard InChI is InChI=1S/C15H24N2O2S.ClH/c1-10-11(9-20(5)19)7-6-8-12(10)17-14(18)13(16)15(2,3)4;/h6-8,13H,9,16H2,1-5H3,(H,17,18);1H/t13-,20?;/m1./s1. The third-order valence-electron chi connectivity index (χ3n) is 3.28. The highest BCUT2D eigenvalue weighted by Gasteiger charge is 2.27. The Bertz CT molecular complexity index is 527. The third-order valence-corrected chi connectivity index (χ3v) is 4.00. The summed E-state index contributed by atoms with van der Waals surface area (Å²) in [6.07, 6.45) is 1.67. The van der Waals surface area contributed by atoms with E-state index < -0.39 is 16.8 Å². The van der Waals surface area contributed by atoms with E-state index in [2.05, 4.69) is 5.32 Å². The molecule has 0 aliphatic heterocycles. The van der Waals surface area contributed by atoms with Crippen LogP contribution in [0.2, 0.25) is 0 Å². The van der Waals surface area contributed by atoms with Crippen LogP contribution in [0.15, 0.2) is 18.2 Å². The first-order chi connectivity index (χ1) is 9.12. The average molecular weight is 333 g/mol. The van der Waals surface area contributed by atoms with Gasteiger partial charge in [-0.2, -0.15) is 0 Å². The van der Waals surface area contributed by atoms with E-state index in [1.54, 1.807) is 6.26 Å². The minimum absolute atomic E-state index is 0. The number of nitrogens with one attached hydrogen (secondary N) is 1. The molecule has 6 heteroatoms. The number of hydrogen-bond acceptors (Lipinski definition) is 3. The highest BCUT2D eigenvalue weighted by Crippen LogP contribution is 2.23. The highest BCUT2D eigenvalue weighted by atomic mass is 35.5. The summed E-state index contributed by atoms with van der Waals surface area (Å²) in [6.45, 7) is 7.71. The largest absolute Gasteiger partial charge is 0.324 e. The van der Waals surface area contributed by atoms with Crippen molar-refractivity contribution in [3.05, 3.63) is 29.3 Å². The molecule has 120 valence electrons. The number of amides is 1. The Balaban J connectivity index is 0.00000400. The van der Waals surface area contributed by atoms with E-state index in [0.29, 0.717) is 5.75 Å². The fourth-order valence-electron chi connectivity index (χ4n) is 1.80. The van der Waals surface area contributed by atoms with Crippen molar-refractivity contribution in [1.29, 1.82) is 0 Å². The second kappa shape index (κ2) is 7.92. The van der Waals surface area contributed by atoms with Gasteiger partial charge in [-0.05, 0) is 29.5 Å². The lowest BCUT2D eigenvalue weighted by Gasteiger charge is -2.26. The molecule has 1 amide bonds. The molecule has 0 aromatic heterocycles. The normalized spacial score (nSPS) is 14.0. The van der Waals surface area contributed by atoms with E-state index >= 15 is 0 Å². The van der Waals surface area contributed by atoms with E-state index in [1.807, 2.05) is 45.9 Å². The molecule has 0 spiro atoms. The van der Waals surface area contributed by atoms with Gasteiger partial charge in [0.25, 0.3) is 0 Å². The van der Waals surface area contributed by atoms with Crippen LogP contribution >= 0.6 is 12.4 Å². The van der Waals surface area contributed by atoms with Gasteiger partial charge in [-0.1, -0.05) is 32.9 Å². The van der Waals surface area contributed by atoms with Crippen LogP contribution in [0.3, 0.4) is 0 Å². The van der Waals surface area contributed by atoms with Crippen molar-refractivity contribution in [2.24, 2.45) is 11.1 Å². The maximum atomic E-state index is 12.1. The Morgan fingerprint density at radius 2 is 1.95 bits per heavy atom. The molecule has 1 rings (SSSR count). The molecular weight excluding hydrogens is 308 g/mol. The van der Waals surface area contributed by atoms with Crippen molar-refractivity contribution in [3.63, 3.8) is 0 Å². The van der Waals surface area contributed by atoms with E-state index in [0.717, 1.165) is 16.8 Å². The zero-order valence-corrected chi connectivity index (χ0v) is 14.9. The van der Waals surface area contributed by atoms with Gasteiger partial charge in [-0.3, -0.25) is 9.00 Å². The van der Waals surface area contributed by atoms with Gasteiger partial charge in [0.15, 0.2) is 0 Å². The molecule has 2 atom stereocenters. The third kappa shape index (κ3) is 5.77. The van der Waals surface area contributed by atoms with Gasteiger partial charge in [0.1, 0.15) is 0 Å². The van der Waals surface area contributed by atoms with Crippen molar-refractivity contribution in [2.75, 3.05) is 11.6 Å². The number of carbonyl (C=O) groups is 1. The Hall–Kier alpha value is -0.910. The Kier molecular flexibility index (Phi) is 7.57. The van der Waals surface area contributed by atoms with Gasteiger partial charge >= 0.3 is 0 Å². The Morgan fingerprint density at radius 3 is 2.43 bits per heavy atom. The number of nitrogens with two attached hydrogens (primary N) is 1. The van der Waals surface area contributed by atoms with Crippen LogP contribution in [0, 0.1) is 12.3 Å². The predicted molar refractivity (Wildman–Crippen MR) is 92.3 cm³/mol. The highest BCUT2D eigenvalue weighted by molar-refractivity contribution is 7.83. The molecule has 1 aromatic rings. The summed E-state index contributed by atoms with van der Waals surface area (Å²) >= 11 is 0. The molecule has 21 heavy (non-hydrogen) atoms. The topological polar surface area (TPSA) is 72.2 Å². The van der Waals surface area contributed by atoms with Crippen LogP contribution < -0.4 is 11.1 Å². The fourth-order valence-corrected chi connectivity index (χ4v) is 2.55. The first-order valence-corrected chi connectivity index (χ1v) is 8.30. The number of anilines is 1. The first-order valence-electron chi connectivity index (χ1n) is 6.58. The molecular formula is C15H25ClN2O2S. The van der Waals surface area contributed by atoms with Crippen LogP contribution in [-0.4, -0.2) is 22.4 Å². The Morgan fingerprint density at radius 1 is 1.38 bits per heavy atom. The summed E-state index contributed by atoms with van der Waals surface area (Å²) in [6, 6.07) is 5.04. The second-order valence-corrected chi connectivity index (χ2v) is 7.58. The summed E-state index contributed by atoms with van der Waals surface area (Å²) in [5.41, 5.74) is 8.31. The van der Waals surface area contributed by atoms with Gasteiger partial charge in [-0.15, -0.1) is 12.4 Å². The molecule has 1 aromatic carbocycles. The number of hydrogen-bond donors (Lipinski definition) is 2. The van der Waals surface area contributed by atoms with E-state index in [-0.39, 0.29) is 23.7 Å². The van der Waals surface area contributed by atoms with E-state index in [4.69, 9.17) is 5.73 Å². The van der Waals surface area contributed by atoms with Crippen LogP contribution in [0.5, 0.6) is 0 Å². The quantitative estimate of drug-likeness (QED) is 0.890. The molecule has 0 aliphatic carbocycles. The number of benzene rings is 1. The lowest BCUT2D eigenvalue weighted by atomic mass is 9.87. The Labute approximate surface area is 135 Å². The van der Waals surface area contributed by atoms with Crippen molar-refractivity contribution in [2.45, 2.75) is 39.5 Å². The first kappa shape index (κ1) is 20.1. The molecule has 4 nitrogen and oxygen atoms in total. The molecule has 0 radical (unpaired) electrons. The molecule has 0 saturated carbocycles. The number of rotatable bonds is 4. The smallest absolute Gasteiger partial charge is 0.241 e. The maximum absolute atomic E-state index is 12.1. The lowest BCUT2D eigenvalue weighted by Crippen LogP contribution is -2.45. The summed E-state index contributed by atoms with van der Waals surface area (Å²) in [5.74, 6) is 0.288. The van der Waals surface area contributed by atoms with Crippen molar-refractivity contribution < 1.29 is 9.00 Å². The molecule has 0 bridgehead atoms. The van der Waals surface area contributed by atoms with Crippen molar-refractivity contribution in [1.82, 2.24) is 0 Å². The van der Waals surface area contributed by atoms with Crippen molar-refractivity contribution in [3.8, 4) is 0 Å². The van der Waals surface area contributed by atoms with Crippen LogP contribution in [0.4, 0.5) is 5.69 Å². The van der Waals surface area contributed by atoms with Gasteiger partial charge in [-0.25, -0.2) is 0 Å². The lowest BCUT2D eigenvalue weighted by molar-refractivity contribution is -0.119. The number of carbonyl (C=O) groups excluding carboxylic acids is 1. The summed E-state index contributed by atoms with van der Waals surface area (Å²) < 4.78 is 11.3. The molecule has 0 aliphatic rings. The molecule has 1 unspecified atom stereocenters. The zero-order chi connectivity index (χ0) is 15.5. The van der Waals surface area contributed by atoms with Gasteiger partial charge in [0.05, 0.1) is 6.04 Å². The van der Waals surface area contributed by atoms with Crippen LogP contribution in [-0.2, 0) is 21.3 Å². The summed E-state index contributed by atoms with van der Waals surface area (Å²) in [7, 11) is -0.908. The minimum atomic E-state index is -0.908. The number of halogens is 1. The van der Waals surface area contributed by atoms with Crippen molar-refractivity contribution >= 4 is 34.8 Å². The van der Waals surface area contributed by atoms with E-state index in [9.17, 15) is 9.00 Å². The van der Waals surface area contributed by atoms with Gasteiger partial charge in [0.2, 0.25) is 5.91 Å². The van der Waals surface area contributed by atoms with E-state index in [1.165, 1.54) is 0 Å². The SMILES string of the molecule is Cc1c(CS(C)=O)cccc1NC(=O)[C@@H](N)C(C)(C)C.Cl. The second-order valence-electron chi connectivity index (χ2n) is 6.14. The summed E-state index contributed by atoms with van der Waals surface area (Å²) in [5, 5.41) is 2.87. The molecule has 0 heterocycles. The predicted octanol–water partition coefficient (Wildman–Crippen LogP) is 2.61. The monoisotopic (exact) mass is 332 g/mol. The molecule has 0 fully saturated rings. The molecule has 0 saturated heterocycles. The fraction of sp³-hybridized carbons (Fsp3) is 0.533. The van der Waals surface area contributed by atoms with Crippen LogP contribution in [0.25, 0.3) is 0 Å². The average Bonchev–Trinajstić information content (AvgIpc) is 2.31. The van der Waals surface area contributed by atoms with Gasteiger partial charge < -0.3 is 11.1 Å².